The van der Waals surface area contributed by atoms with Gasteiger partial charge in [-0.15, -0.1) is 0 Å². The molecule has 2 aromatic rings. The maximum absolute atomic E-state index is 13.8. The van der Waals surface area contributed by atoms with Crippen LogP contribution in [0.15, 0.2) is 30.3 Å². The van der Waals surface area contributed by atoms with Crippen LogP contribution < -0.4 is 11.1 Å². The summed E-state index contributed by atoms with van der Waals surface area (Å²) in [5, 5.41) is 2.89. The Morgan fingerprint density at radius 2 is 1.70 bits per heavy atom. The number of nitrogens with one attached hydrogen (secondary N) is 1. The largest absolute Gasteiger partial charge is 0.399 e. The molecular weight excluding hydrogens is 258 g/mol. The van der Waals surface area contributed by atoms with Gasteiger partial charge in [0.05, 0.1) is 0 Å². The highest BCUT2D eigenvalue weighted by Crippen LogP contribution is 2.32. The van der Waals surface area contributed by atoms with Crippen molar-refractivity contribution in [2.75, 3.05) is 11.1 Å². The van der Waals surface area contributed by atoms with Gasteiger partial charge in [-0.3, -0.25) is 0 Å². The van der Waals surface area contributed by atoms with Crippen molar-refractivity contribution in [1.82, 2.24) is 0 Å². The summed E-state index contributed by atoms with van der Waals surface area (Å²) >= 11 is 0. The quantitative estimate of drug-likeness (QED) is 0.807. The standard InChI is InChI=1S/C16H16F2N2/c17-13-8-11(19)9-14(18)16(13)20-15-7-3-5-10-4-1-2-6-12(10)15/h3,5,7-9,20H,1-2,4,6,19H2. The summed E-state index contributed by atoms with van der Waals surface area (Å²) in [6.07, 6.45) is 4.24. The lowest BCUT2D eigenvalue weighted by Gasteiger charge is -2.20. The second-order valence-electron chi connectivity index (χ2n) is 5.13. The lowest BCUT2D eigenvalue weighted by atomic mass is 9.90. The highest BCUT2D eigenvalue weighted by atomic mass is 19.1. The van der Waals surface area contributed by atoms with E-state index in [1.807, 2.05) is 12.1 Å². The molecule has 4 heteroatoms. The Kier molecular flexibility index (Phi) is 3.30. The molecule has 0 heterocycles. The molecule has 0 spiro atoms. The summed E-state index contributed by atoms with van der Waals surface area (Å²) in [6.45, 7) is 0. The van der Waals surface area contributed by atoms with Crippen molar-refractivity contribution >= 4 is 17.1 Å². The number of anilines is 3. The second kappa shape index (κ2) is 5.12. The third-order valence-corrected chi connectivity index (χ3v) is 3.72. The molecule has 3 N–H and O–H groups in total. The number of rotatable bonds is 2. The van der Waals surface area contributed by atoms with Gasteiger partial charge < -0.3 is 11.1 Å². The van der Waals surface area contributed by atoms with E-state index in [0.29, 0.717) is 0 Å². The number of nitrogen functional groups attached to an aromatic ring is 1. The zero-order valence-corrected chi connectivity index (χ0v) is 11.0. The fraction of sp³-hybridized carbons (Fsp3) is 0.250. The summed E-state index contributed by atoms with van der Waals surface area (Å²) in [7, 11) is 0. The molecular formula is C16H16F2N2. The minimum atomic E-state index is -0.670. The van der Waals surface area contributed by atoms with Gasteiger partial charge in [-0.2, -0.15) is 0 Å². The third kappa shape index (κ3) is 2.33. The Balaban J connectivity index is 2.00. The zero-order chi connectivity index (χ0) is 14.1. The molecule has 0 aromatic heterocycles. The molecule has 104 valence electrons. The molecule has 0 saturated heterocycles. The molecule has 2 aromatic carbocycles. The van der Waals surface area contributed by atoms with Crippen molar-refractivity contribution in [2.24, 2.45) is 0 Å². The fourth-order valence-electron chi connectivity index (χ4n) is 2.75. The molecule has 3 rings (SSSR count). The summed E-state index contributed by atoms with van der Waals surface area (Å²) in [5.74, 6) is -1.34. The minimum Gasteiger partial charge on any atom is -0.399 e. The van der Waals surface area contributed by atoms with Crippen LogP contribution in [0.2, 0.25) is 0 Å². The minimum absolute atomic E-state index is 0.0839. The number of halogens is 2. The molecule has 0 fully saturated rings. The Hall–Kier alpha value is -2.10. The van der Waals surface area contributed by atoms with Crippen LogP contribution in [0.1, 0.15) is 24.0 Å². The van der Waals surface area contributed by atoms with E-state index < -0.39 is 11.6 Å². The molecule has 0 unspecified atom stereocenters. The normalized spacial score (nSPS) is 13.9. The topological polar surface area (TPSA) is 38.0 Å². The first-order chi connectivity index (χ1) is 9.65. The van der Waals surface area contributed by atoms with Gasteiger partial charge in [0.25, 0.3) is 0 Å². The zero-order valence-electron chi connectivity index (χ0n) is 11.0. The molecule has 1 aliphatic rings. The Labute approximate surface area is 116 Å². The van der Waals surface area contributed by atoms with E-state index in [2.05, 4.69) is 11.4 Å². The monoisotopic (exact) mass is 274 g/mol. The lowest BCUT2D eigenvalue weighted by molar-refractivity contribution is 0.591. The predicted molar refractivity (Wildman–Crippen MR) is 77.1 cm³/mol. The summed E-state index contributed by atoms with van der Waals surface area (Å²) in [6, 6.07) is 8.11. The molecule has 0 aliphatic heterocycles. The average Bonchev–Trinajstić information content (AvgIpc) is 2.43. The molecule has 0 atom stereocenters. The lowest BCUT2D eigenvalue weighted by Crippen LogP contribution is -2.07. The number of nitrogens with two attached hydrogens (primary N) is 1. The average molecular weight is 274 g/mol. The smallest absolute Gasteiger partial charge is 0.151 e. The third-order valence-electron chi connectivity index (χ3n) is 3.72. The van der Waals surface area contributed by atoms with Crippen molar-refractivity contribution in [3.05, 3.63) is 53.1 Å². The van der Waals surface area contributed by atoms with E-state index in [0.717, 1.165) is 42.6 Å². The Bertz CT molecular complexity index is 630. The first kappa shape index (κ1) is 12.9. The van der Waals surface area contributed by atoms with Crippen molar-refractivity contribution < 1.29 is 8.78 Å². The van der Waals surface area contributed by atoms with E-state index in [-0.39, 0.29) is 11.4 Å². The van der Waals surface area contributed by atoms with Gasteiger partial charge in [0.15, 0.2) is 11.6 Å². The van der Waals surface area contributed by atoms with Crippen LogP contribution in [0.5, 0.6) is 0 Å². The van der Waals surface area contributed by atoms with Crippen molar-refractivity contribution in [3.8, 4) is 0 Å². The molecule has 0 amide bonds. The van der Waals surface area contributed by atoms with Crippen LogP contribution in [0, 0.1) is 11.6 Å². The van der Waals surface area contributed by atoms with Gasteiger partial charge >= 0.3 is 0 Å². The van der Waals surface area contributed by atoms with E-state index in [1.54, 1.807) is 0 Å². The van der Waals surface area contributed by atoms with Gasteiger partial charge in [0.2, 0.25) is 0 Å². The van der Waals surface area contributed by atoms with E-state index in [4.69, 9.17) is 5.73 Å². The SMILES string of the molecule is Nc1cc(F)c(Nc2cccc3c2CCCC3)c(F)c1. The van der Waals surface area contributed by atoms with Crippen molar-refractivity contribution in [2.45, 2.75) is 25.7 Å². The first-order valence-corrected chi connectivity index (χ1v) is 6.77. The number of fused-ring (bicyclic) bond motifs is 1. The van der Waals surface area contributed by atoms with E-state index in [1.165, 1.54) is 12.0 Å². The molecule has 0 radical (unpaired) electrons. The number of hydrogen-bond donors (Lipinski definition) is 2. The fourth-order valence-corrected chi connectivity index (χ4v) is 2.75. The molecule has 20 heavy (non-hydrogen) atoms. The summed E-state index contributed by atoms with van der Waals surface area (Å²) in [4.78, 5) is 0. The summed E-state index contributed by atoms with van der Waals surface area (Å²) < 4.78 is 27.7. The second-order valence-corrected chi connectivity index (χ2v) is 5.13. The highest BCUT2D eigenvalue weighted by molar-refractivity contribution is 5.67. The molecule has 0 bridgehead atoms. The van der Waals surface area contributed by atoms with Crippen LogP contribution in [-0.2, 0) is 12.8 Å². The molecule has 0 saturated carbocycles. The number of aryl methyl sites for hydroxylation is 1. The number of hydrogen-bond acceptors (Lipinski definition) is 2. The van der Waals surface area contributed by atoms with Gasteiger partial charge in [-0.25, -0.2) is 8.78 Å². The van der Waals surface area contributed by atoms with Crippen LogP contribution in [0.25, 0.3) is 0 Å². The molecule has 2 nitrogen and oxygen atoms in total. The van der Waals surface area contributed by atoms with Gasteiger partial charge in [0, 0.05) is 11.4 Å². The van der Waals surface area contributed by atoms with Crippen LogP contribution in [0.4, 0.5) is 25.8 Å². The molecule has 1 aliphatic carbocycles. The Morgan fingerprint density at radius 3 is 2.45 bits per heavy atom. The maximum Gasteiger partial charge on any atom is 0.151 e. The number of benzene rings is 2. The van der Waals surface area contributed by atoms with Crippen LogP contribution >= 0.6 is 0 Å². The summed E-state index contributed by atoms with van der Waals surface area (Å²) in [5.41, 5.74) is 8.57. The van der Waals surface area contributed by atoms with E-state index >= 15 is 0 Å². The first-order valence-electron chi connectivity index (χ1n) is 6.77. The van der Waals surface area contributed by atoms with Gasteiger partial charge in [-0.1, -0.05) is 12.1 Å². The highest BCUT2D eigenvalue weighted by Gasteiger charge is 2.16. The van der Waals surface area contributed by atoms with Crippen molar-refractivity contribution in [3.63, 3.8) is 0 Å². The van der Waals surface area contributed by atoms with Crippen LogP contribution in [0.3, 0.4) is 0 Å². The maximum atomic E-state index is 13.8. The van der Waals surface area contributed by atoms with Crippen molar-refractivity contribution in [1.29, 1.82) is 0 Å². The predicted octanol–water partition coefficient (Wildman–Crippen LogP) is 4.17. The van der Waals surface area contributed by atoms with E-state index in [9.17, 15) is 8.78 Å². The van der Waals surface area contributed by atoms with Gasteiger partial charge in [-0.05, 0) is 55.0 Å². The Morgan fingerprint density at radius 1 is 1.00 bits per heavy atom. The van der Waals surface area contributed by atoms with Crippen LogP contribution in [-0.4, -0.2) is 0 Å². The van der Waals surface area contributed by atoms with Gasteiger partial charge in [0.1, 0.15) is 5.69 Å².